The third-order valence-electron chi connectivity index (χ3n) is 4.40. The van der Waals surface area contributed by atoms with E-state index in [0.29, 0.717) is 12.1 Å². The number of carbonyl (C=O) groups excluding carboxylic acids is 2. The maximum Gasteiger partial charge on any atom is 0.251 e. The molecule has 1 atom stereocenters. The number of amides is 2. The SMILES string of the molecule is CN1CCCN([C@H]2CC(=O)N(c3ccc(Br)cc3)C2=O)CC1. The molecule has 2 fully saturated rings. The Bertz CT molecular complexity index is 575. The molecule has 118 valence electrons. The minimum atomic E-state index is -0.303. The van der Waals surface area contributed by atoms with Gasteiger partial charge in [-0.05, 0) is 44.3 Å². The summed E-state index contributed by atoms with van der Waals surface area (Å²) in [5, 5.41) is 0. The van der Waals surface area contributed by atoms with E-state index in [1.165, 1.54) is 4.90 Å². The first-order chi connectivity index (χ1) is 10.6. The number of hydrogen-bond acceptors (Lipinski definition) is 4. The van der Waals surface area contributed by atoms with E-state index < -0.39 is 0 Å². The topological polar surface area (TPSA) is 43.9 Å². The van der Waals surface area contributed by atoms with Crippen LogP contribution in [0.25, 0.3) is 0 Å². The van der Waals surface area contributed by atoms with Crippen LogP contribution in [0.2, 0.25) is 0 Å². The lowest BCUT2D eigenvalue weighted by atomic mass is 10.2. The smallest absolute Gasteiger partial charge is 0.251 e. The minimum Gasteiger partial charge on any atom is -0.305 e. The maximum atomic E-state index is 12.7. The van der Waals surface area contributed by atoms with Gasteiger partial charge in [-0.2, -0.15) is 0 Å². The van der Waals surface area contributed by atoms with Gasteiger partial charge in [0, 0.05) is 24.1 Å². The number of benzene rings is 1. The average molecular weight is 366 g/mol. The van der Waals surface area contributed by atoms with Crippen LogP contribution < -0.4 is 4.90 Å². The van der Waals surface area contributed by atoms with Gasteiger partial charge in [-0.25, -0.2) is 4.90 Å². The molecule has 0 aliphatic carbocycles. The summed E-state index contributed by atoms with van der Waals surface area (Å²) in [6.07, 6.45) is 1.32. The van der Waals surface area contributed by atoms with Crippen LogP contribution >= 0.6 is 15.9 Å². The Labute approximate surface area is 139 Å². The number of hydrogen-bond donors (Lipinski definition) is 0. The summed E-state index contributed by atoms with van der Waals surface area (Å²) in [5.74, 6) is -0.188. The molecular formula is C16H20BrN3O2. The molecule has 2 heterocycles. The highest BCUT2D eigenvalue weighted by molar-refractivity contribution is 9.10. The second kappa shape index (κ2) is 6.48. The Kier molecular flexibility index (Phi) is 4.61. The summed E-state index contributed by atoms with van der Waals surface area (Å²) in [4.78, 5) is 30.8. The third kappa shape index (κ3) is 3.09. The van der Waals surface area contributed by atoms with Gasteiger partial charge in [-0.1, -0.05) is 15.9 Å². The molecule has 6 heteroatoms. The average Bonchev–Trinajstić information content (AvgIpc) is 2.66. The zero-order valence-corrected chi connectivity index (χ0v) is 14.3. The lowest BCUT2D eigenvalue weighted by Crippen LogP contribution is -2.43. The highest BCUT2D eigenvalue weighted by Crippen LogP contribution is 2.27. The standard InChI is InChI=1S/C16H20BrN3O2/c1-18-7-2-8-19(10-9-18)14-11-15(21)20(16(14)22)13-5-3-12(17)4-6-13/h3-6,14H,2,7-11H2,1H3/t14-/m0/s1. The van der Waals surface area contributed by atoms with Gasteiger partial charge in [0.2, 0.25) is 5.91 Å². The Morgan fingerprint density at radius 2 is 1.77 bits per heavy atom. The lowest BCUT2D eigenvalue weighted by molar-refractivity contribution is -0.122. The molecule has 3 rings (SSSR count). The second-order valence-electron chi connectivity index (χ2n) is 5.96. The number of halogens is 1. The molecule has 0 bridgehead atoms. The number of likely N-dealkylation sites (N-methyl/N-ethyl adjacent to an activating group) is 1. The quantitative estimate of drug-likeness (QED) is 0.748. The molecule has 0 spiro atoms. The van der Waals surface area contributed by atoms with E-state index in [1.807, 2.05) is 12.1 Å². The van der Waals surface area contributed by atoms with Crippen LogP contribution in [0.15, 0.2) is 28.7 Å². The first kappa shape index (κ1) is 15.6. The van der Waals surface area contributed by atoms with Crippen molar-refractivity contribution in [3.05, 3.63) is 28.7 Å². The van der Waals surface area contributed by atoms with Crippen molar-refractivity contribution in [3.63, 3.8) is 0 Å². The third-order valence-corrected chi connectivity index (χ3v) is 4.93. The molecule has 2 amide bonds. The molecule has 1 aromatic carbocycles. The summed E-state index contributed by atoms with van der Waals surface area (Å²) in [6, 6.07) is 7.01. The predicted octanol–water partition coefficient (Wildman–Crippen LogP) is 1.72. The second-order valence-corrected chi connectivity index (χ2v) is 6.87. The zero-order chi connectivity index (χ0) is 15.7. The molecule has 0 unspecified atom stereocenters. The maximum absolute atomic E-state index is 12.7. The van der Waals surface area contributed by atoms with Crippen LogP contribution in [0.4, 0.5) is 5.69 Å². The van der Waals surface area contributed by atoms with Crippen molar-refractivity contribution < 1.29 is 9.59 Å². The van der Waals surface area contributed by atoms with Gasteiger partial charge in [0.1, 0.15) is 0 Å². The lowest BCUT2D eigenvalue weighted by Gasteiger charge is -2.25. The number of anilines is 1. The largest absolute Gasteiger partial charge is 0.305 e. The Hall–Kier alpha value is -1.24. The molecule has 0 aromatic heterocycles. The molecule has 2 saturated heterocycles. The van der Waals surface area contributed by atoms with Crippen molar-refractivity contribution in [2.24, 2.45) is 0 Å². The van der Waals surface area contributed by atoms with Gasteiger partial charge in [0.05, 0.1) is 18.2 Å². The van der Waals surface area contributed by atoms with Crippen LogP contribution in [0.3, 0.4) is 0 Å². The predicted molar refractivity (Wildman–Crippen MR) is 88.7 cm³/mol. The Morgan fingerprint density at radius 1 is 1.05 bits per heavy atom. The van der Waals surface area contributed by atoms with Gasteiger partial charge in [-0.15, -0.1) is 0 Å². The van der Waals surface area contributed by atoms with Gasteiger partial charge in [-0.3, -0.25) is 14.5 Å². The zero-order valence-electron chi connectivity index (χ0n) is 12.7. The van der Waals surface area contributed by atoms with Crippen molar-refractivity contribution >= 4 is 33.4 Å². The molecule has 0 saturated carbocycles. The van der Waals surface area contributed by atoms with Crippen LogP contribution in [-0.4, -0.2) is 60.9 Å². The van der Waals surface area contributed by atoms with Gasteiger partial charge >= 0.3 is 0 Å². The number of carbonyl (C=O) groups is 2. The first-order valence-corrected chi connectivity index (χ1v) is 8.40. The van der Waals surface area contributed by atoms with Crippen LogP contribution in [0.5, 0.6) is 0 Å². The molecular weight excluding hydrogens is 346 g/mol. The normalized spacial score (nSPS) is 24.8. The fourth-order valence-electron chi connectivity index (χ4n) is 3.14. The van der Waals surface area contributed by atoms with Crippen LogP contribution in [0.1, 0.15) is 12.8 Å². The van der Waals surface area contributed by atoms with E-state index in [-0.39, 0.29) is 17.9 Å². The first-order valence-electron chi connectivity index (χ1n) is 7.61. The van der Waals surface area contributed by atoms with Crippen molar-refractivity contribution in [2.75, 3.05) is 38.1 Å². The molecule has 5 nitrogen and oxygen atoms in total. The number of nitrogens with zero attached hydrogens (tertiary/aromatic N) is 3. The molecule has 2 aliphatic rings. The Balaban J connectivity index is 1.77. The van der Waals surface area contributed by atoms with Crippen LogP contribution in [-0.2, 0) is 9.59 Å². The Morgan fingerprint density at radius 3 is 2.50 bits per heavy atom. The van der Waals surface area contributed by atoms with E-state index >= 15 is 0 Å². The highest BCUT2D eigenvalue weighted by Gasteiger charge is 2.42. The van der Waals surface area contributed by atoms with Crippen molar-refractivity contribution in [3.8, 4) is 0 Å². The minimum absolute atomic E-state index is 0.0862. The fraction of sp³-hybridized carbons (Fsp3) is 0.500. The van der Waals surface area contributed by atoms with E-state index in [1.54, 1.807) is 12.1 Å². The summed E-state index contributed by atoms with van der Waals surface area (Å²) >= 11 is 3.37. The van der Waals surface area contributed by atoms with Gasteiger partial charge in [0.15, 0.2) is 0 Å². The molecule has 1 aromatic rings. The molecule has 2 aliphatic heterocycles. The van der Waals surface area contributed by atoms with Crippen molar-refractivity contribution in [1.82, 2.24) is 9.80 Å². The van der Waals surface area contributed by atoms with E-state index in [0.717, 1.165) is 37.1 Å². The molecule has 0 N–H and O–H groups in total. The van der Waals surface area contributed by atoms with Crippen molar-refractivity contribution in [2.45, 2.75) is 18.9 Å². The van der Waals surface area contributed by atoms with Gasteiger partial charge < -0.3 is 4.90 Å². The van der Waals surface area contributed by atoms with Gasteiger partial charge in [0.25, 0.3) is 5.91 Å². The van der Waals surface area contributed by atoms with Crippen molar-refractivity contribution in [1.29, 1.82) is 0 Å². The van der Waals surface area contributed by atoms with E-state index in [4.69, 9.17) is 0 Å². The fourth-order valence-corrected chi connectivity index (χ4v) is 3.41. The summed E-state index contributed by atoms with van der Waals surface area (Å²) in [7, 11) is 2.10. The number of rotatable bonds is 2. The molecule has 22 heavy (non-hydrogen) atoms. The summed E-state index contributed by atoms with van der Waals surface area (Å²) < 4.78 is 0.933. The highest BCUT2D eigenvalue weighted by atomic mass is 79.9. The summed E-state index contributed by atoms with van der Waals surface area (Å²) in [5.41, 5.74) is 0.660. The van der Waals surface area contributed by atoms with Crippen LogP contribution in [0, 0.1) is 0 Å². The van der Waals surface area contributed by atoms with E-state index in [9.17, 15) is 9.59 Å². The van der Waals surface area contributed by atoms with E-state index in [2.05, 4.69) is 32.8 Å². The number of imide groups is 1. The molecule has 0 radical (unpaired) electrons. The monoisotopic (exact) mass is 365 g/mol. The summed E-state index contributed by atoms with van der Waals surface area (Å²) in [6.45, 7) is 3.70.